The molecule has 0 aromatic heterocycles. The molecule has 0 radical (unpaired) electrons. The van der Waals surface area contributed by atoms with Gasteiger partial charge in [0.25, 0.3) is 0 Å². The van der Waals surface area contributed by atoms with Crippen LogP contribution in [0, 0.1) is 5.92 Å². The molecule has 4 heteroatoms. The molecule has 0 bridgehead atoms. The number of benzene rings is 2. The van der Waals surface area contributed by atoms with Crippen molar-refractivity contribution >= 4 is 54.2 Å². The van der Waals surface area contributed by atoms with E-state index in [0.717, 1.165) is 32.8 Å². The second-order valence-corrected chi connectivity index (χ2v) is 6.34. The zero-order valence-electron chi connectivity index (χ0n) is 10.3. The fourth-order valence-electron chi connectivity index (χ4n) is 2.61. The summed E-state index contributed by atoms with van der Waals surface area (Å²) in [6.45, 7) is 0.801. The van der Waals surface area contributed by atoms with Crippen LogP contribution in [-0.4, -0.2) is 17.8 Å². The van der Waals surface area contributed by atoms with Crippen molar-refractivity contribution < 1.29 is 4.79 Å². The molecule has 0 aliphatic carbocycles. The third kappa shape index (κ3) is 2.32. The molecule has 1 aliphatic heterocycles. The summed E-state index contributed by atoms with van der Waals surface area (Å²) in [5.74, 6) is 0.631. The predicted octanol–water partition coefficient (Wildman–Crippen LogP) is 4.35. The summed E-state index contributed by atoms with van der Waals surface area (Å²) < 4.78 is 1.07. The Morgan fingerprint density at radius 1 is 1.16 bits per heavy atom. The highest BCUT2D eigenvalue weighted by atomic mass is 79.9. The molecule has 1 fully saturated rings. The van der Waals surface area contributed by atoms with Gasteiger partial charge >= 0.3 is 0 Å². The number of fused-ring (bicyclic) bond motifs is 1. The highest BCUT2D eigenvalue weighted by molar-refractivity contribution is 9.10. The summed E-state index contributed by atoms with van der Waals surface area (Å²) in [7, 11) is 0. The first kappa shape index (κ1) is 13.1. The molecule has 2 aromatic rings. The molecule has 2 aromatic carbocycles. The van der Waals surface area contributed by atoms with Crippen molar-refractivity contribution in [3.05, 3.63) is 40.9 Å². The summed E-state index contributed by atoms with van der Waals surface area (Å²) in [5, 5.41) is 3.15. The Kier molecular flexibility index (Phi) is 3.63. The fraction of sp³-hybridized carbons (Fsp3) is 0.267. The van der Waals surface area contributed by atoms with Gasteiger partial charge in [-0.2, -0.15) is 0 Å². The van der Waals surface area contributed by atoms with E-state index < -0.39 is 0 Å². The lowest BCUT2D eigenvalue weighted by Gasteiger charge is -2.19. The van der Waals surface area contributed by atoms with E-state index in [2.05, 4.69) is 44.0 Å². The Morgan fingerprint density at radius 3 is 2.63 bits per heavy atom. The Hall–Kier alpha value is -0.870. The molecule has 3 rings (SSSR count). The molecule has 1 unspecified atom stereocenters. The SMILES string of the molecule is O=C1CC(CBr)CN1c1cccc2c(Br)cccc12. The minimum absolute atomic E-state index is 0.219. The van der Waals surface area contributed by atoms with E-state index in [9.17, 15) is 4.79 Å². The Balaban J connectivity index is 2.11. The molecule has 1 saturated heterocycles. The van der Waals surface area contributed by atoms with Gasteiger partial charge in [0.1, 0.15) is 0 Å². The van der Waals surface area contributed by atoms with Gasteiger partial charge < -0.3 is 4.90 Å². The van der Waals surface area contributed by atoms with E-state index >= 15 is 0 Å². The molecule has 98 valence electrons. The molecular formula is C15H13Br2NO. The summed E-state index contributed by atoms with van der Waals surface area (Å²) in [5.41, 5.74) is 1.02. The zero-order chi connectivity index (χ0) is 13.4. The maximum absolute atomic E-state index is 12.2. The van der Waals surface area contributed by atoms with Crippen LogP contribution in [-0.2, 0) is 4.79 Å². The number of amides is 1. The first-order chi connectivity index (χ1) is 9.20. The minimum Gasteiger partial charge on any atom is -0.311 e. The first-order valence-electron chi connectivity index (χ1n) is 6.24. The van der Waals surface area contributed by atoms with Gasteiger partial charge in [-0.3, -0.25) is 4.79 Å². The normalized spacial score (nSPS) is 19.4. The van der Waals surface area contributed by atoms with Gasteiger partial charge in [0.05, 0.1) is 5.69 Å². The van der Waals surface area contributed by atoms with E-state index in [1.54, 1.807) is 0 Å². The Labute approximate surface area is 129 Å². The van der Waals surface area contributed by atoms with Crippen LogP contribution in [0.5, 0.6) is 0 Å². The molecule has 2 nitrogen and oxygen atoms in total. The lowest BCUT2D eigenvalue weighted by Crippen LogP contribution is -2.24. The molecule has 19 heavy (non-hydrogen) atoms. The monoisotopic (exact) mass is 381 g/mol. The van der Waals surface area contributed by atoms with Gasteiger partial charge in [-0.05, 0) is 23.4 Å². The van der Waals surface area contributed by atoms with Crippen molar-refractivity contribution in [1.29, 1.82) is 0 Å². The number of carbonyl (C=O) groups is 1. The second kappa shape index (κ2) is 5.25. The standard InChI is InChI=1S/C15H13Br2NO/c16-8-10-7-15(19)18(9-10)14-6-2-3-11-12(14)4-1-5-13(11)17/h1-6,10H,7-9H2. The largest absolute Gasteiger partial charge is 0.311 e. The topological polar surface area (TPSA) is 20.3 Å². The average Bonchev–Trinajstić information content (AvgIpc) is 2.80. The molecule has 0 N–H and O–H groups in total. The quantitative estimate of drug-likeness (QED) is 0.707. The highest BCUT2D eigenvalue weighted by Crippen LogP contribution is 2.34. The van der Waals surface area contributed by atoms with Crippen molar-refractivity contribution in [2.75, 3.05) is 16.8 Å². The number of rotatable bonds is 2. The Morgan fingerprint density at radius 2 is 1.89 bits per heavy atom. The Bertz CT molecular complexity index is 641. The van der Waals surface area contributed by atoms with E-state index in [1.165, 1.54) is 0 Å². The van der Waals surface area contributed by atoms with Gasteiger partial charge in [0.15, 0.2) is 0 Å². The molecule has 0 spiro atoms. The van der Waals surface area contributed by atoms with E-state index in [1.807, 2.05) is 29.2 Å². The van der Waals surface area contributed by atoms with Crippen LogP contribution in [0.15, 0.2) is 40.9 Å². The van der Waals surface area contributed by atoms with Gasteiger partial charge in [-0.1, -0.05) is 56.1 Å². The van der Waals surface area contributed by atoms with Crippen LogP contribution in [0.3, 0.4) is 0 Å². The van der Waals surface area contributed by atoms with Crippen LogP contribution >= 0.6 is 31.9 Å². The zero-order valence-corrected chi connectivity index (χ0v) is 13.4. The van der Waals surface area contributed by atoms with Crippen LogP contribution in [0.1, 0.15) is 6.42 Å². The smallest absolute Gasteiger partial charge is 0.227 e. The van der Waals surface area contributed by atoms with Crippen LogP contribution in [0.4, 0.5) is 5.69 Å². The summed E-state index contributed by atoms with van der Waals surface area (Å²) in [4.78, 5) is 14.1. The number of anilines is 1. The first-order valence-corrected chi connectivity index (χ1v) is 8.15. The number of hydrogen-bond donors (Lipinski definition) is 0. The number of carbonyl (C=O) groups excluding carboxylic acids is 1. The second-order valence-electron chi connectivity index (χ2n) is 4.84. The number of halogens is 2. The lowest BCUT2D eigenvalue weighted by molar-refractivity contribution is -0.117. The van der Waals surface area contributed by atoms with Gasteiger partial charge in [0, 0.05) is 28.2 Å². The average molecular weight is 383 g/mol. The van der Waals surface area contributed by atoms with Crippen molar-refractivity contribution in [1.82, 2.24) is 0 Å². The predicted molar refractivity (Wildman–Crippen MR) is 85.9 cm³/mol. The van der Waals surface area contributed by atoms with Crippen LogP contribution in [0.2, 0.25) is 0 Å². The number of nitrogens with zero attached hydrogens (tertiary/aromatic N) is 1. The van der Waals surface area contributed by atoms with Crippen molar-refractivity contribution in [3.63, 3.8) is 0 Å². The van der Waals surface area contributed by atoms with Gasteiger partial charge in [0.2, 0.25) is 5.91 Å². The summed E-state index contributed by atoms with van der Waals surface area (Å²) >= 11 is 7.05. The third-order valence-corrected chi connectivity index (χ3v) is 5.17. The molecule has 0 saturated carbocycles. The molecular weight excluding hydrogens is 370 g/mol. The van der Waals surface area contributed by atoms with Gasteiger partial charge in [-0.25, -0.2) is 0 Å². The van der Waals surface area contributed by atoms with Crippen molar-refractivity contribution in [2.24, 2.45) is 5.92 Å². The molecule has 1 atom stereocenters. The third-order valence-electron chi connectivity index (χ3n) is 3.56. The van der Waals surface area contributed by atoms with Crippen molar-refractivity contribution in [2.45, 2.75) is 6.42 Å². The van der Waals surface area contributed by atoms with E-state index in [-0.39, 0.29) is 5.91 Å². The van der Waals surface area contributed by atoms with E-state index in [4.69, 9.17) is 0 Å². The van der Waals surface area contributed by atoms with Crippen molar-refractivity contribution in [3.8, 4) is 0 Å². The molecule has 1 amide bonds. The van der Waals surface area contributed by atoms with E-state index in [0.29, 0.717) is 12.3 Å². The highest BCUT2D eigenvalue weighted by Gasteiger charge is 2.30. The maximum Gasteiger partial charge on any atom is 0.227 e. The fourth-order valence-corrected chi connectivity index (χ4v) is 3.54. The van der Waals surface area contributed by atoms with Gasteiger partial charge in [-0.15, -0.1) is 0 Å². The number of alkyl halides is 1. The lowest BCUT2D eigenvalue weighted by atomic mass is 10.1. The minimum atomic E-state index is 0.219. The number of hydrogen-bond acceptors (Lipinski definition) is 1. The maximum atomic E-state index is 12.2. The van der Waals surface area contributed by atoms with Crippen LogP contribution in [0.25, 0.3) is 10.8 Å². The molecule has 1 heterocycles. The molecule has 1 aliphatic rings. The summed E-state index contributed by atoms with van der Waals surface area (Å²) in [6, 6.07) is 12.2. The van der Waals surface area contributed by atoms with Crippen LogP contribution < -0.4 is 4.90 Å². The summed E-state index contributed by atoms with van der Waals surface area (Å²) in [6.07, 6.45) is 0.635.